The van der Waals surface area contributed by atoms with Crippen LogP contribution in [0.1, 0.15) is 30.0 Å². The van der Waals surface area contributed by atoms with Gasteiger partial charge in [0.05, 0.1) is 31.5 Å². The standard InChI is InChI=1S/C28H26N4O4/c1-17-9-8-12-21(15-17)32-18(2)24(27-30-26(31-36-27)19-10-6-5-7-11-19)25(29-28(32)33)20-13-14-22(34-3)23(16-20)35-4/h5-16,25H,1-4H3,(H,29,33). The van der Waals surface area contributed by atoms with Gasteiger partial charge in [0.25, 0.3) is 5.89 Å². The average molecular weight is 483 g/mol. The molecule has 182 valence electrons. The van der Waals surface area contributed by atoms with Gasteiger partial charge in [-0.2, -0.15) is 4.98 Å². The predicted molar refractivity (Wildman–Crippen MR) is 137 cm³/mol. The number of hydrogen-bond donors (Lipinski definition) is 1. The molecular weight excluding hydrogens is 456 g/mol. The molecule has 0 saturated heterocycles. The van der Waals surface area contributed by atoms with E-state index in [2.05, 4.69) is 10.5 Å². The number of rotatable bonds is 6. The minimum Gasteiger partial charge on any atom is -0.493 e. The Morgan fingerprint density at radius 2 is 1.69 bits per heavy atom. The zero-order chi connectivity index (χ0) is 25.2. The van der Waals surface area contributed by atoms with Crippen LogP contribution in [0, 0.1) is 6.92 Å². The molecule has 3 aromatic carbocycles. The van der Waals surface area contributed by atoms with Crippen molar-refractivity contribution in [2.45, 2.75) is 19.9 Å². The molecule has 1 aliphatic rings. The Morgan fingerprint density at radius 3 is 2.42 bits per heavy atom. The van der Waals surface area contributed by atoms with E-state index in [4.69, 9.17) is 19.0 Å². The van der Waals surface area contributed by atoms with Crippen molar-refractivity contribution in [3.05, 3.63) is 95.5 Å². The smallest absolute Gasteiger partial charge is 0.326 e. The lowest BCUT2D eigenvalue weighted by Gasteiger charge is -2.35. The number of nitrogens with one attached hydrogen (secondary N) is 1. The second kappa shape index (κ2) is 9.58. The minimum atomic E-state index is -0.553. The van der Waals surface area contributed by atoms with E-state index in [1.807, 2.05) is 86.6 Å². The molecule has 1 aromatic heterocycles. The van der Waals surface area contributed by atoms with Crippen molar-refractivity contribution < 1.29 is 18.8 Å². The van der Waals surface area contributed by atoms with Crippen molar-refractivity contribution in [2.75, 3.05) is 19.1 Å². The molecular formula is C28H26N4O4. The summed E-state index contributed by atoms with van der Waals surface area (Å²) in [6.07, 6.45) is 0. The van der Waals surface area contributed by atoms with E-state index in [9.17, 15) is 4.79 Å². The van der Waals surface area contributed by atoms with Crippen LogP contribution in [0.2, 0.25) is 0 Å². The van der Waals surface area contributed by atoms with E-state index >= 15 is 0 Å². The minimum absolute atomic E-state index is 0.260. The number of nitrogens with zero attached hydrogens (tertiary/aromatic N) is 3. The van der Waals surface area contributed by atoms with E-state index in [0.717, 1.165) is 22.4 Å². The lowest BCUT2D eigenvalue weighted by Crippen LogP contribution is -2.46. The highest BCUT2D eigenvalue weighted by atomic mass is 16.5. The Kier molecular flexibility index (Phi) is 6.16. The Bertz CT molecular complexity index is 1440. The highest BCUT2D eigenvalue weighted by Gasteiger charge is 2.37. The number of aryl methyl sites for hydroxylation is 1. The van der Waals surface area contributed by atoms with Gasteiger partial charge in [0.2, 0.25) is 5.82 Å². The van der Waals surface area contributed by atoms with E-state index in [0.29, 0.717) is 34.5 Å². The number of hydrogen-bond acceptors (Lipinski definition) is 6. The van der Waals surface area contributed by atoms with Gasteiger partial charge in [-0.15, -0.1) is 0 Å². The van der Waals surface area contributed by atoms with Gasteiger partial charge in [-0.3, -0.25) is 4.90 Å². The molecule has 2 heterocycles. The van der Waals surface area contributed by atoms with E-state index in [1.54, 1.807) is 19.1 Å². The zero-order valence-electron chi connectivity index (χ0n) is 20.5. The van der Waals surface area contributed by atoms with Gasteiger partial charge in [0, 0.05) is 11.3 Å². The van der Waals surface area contributed by atoms with E-state index in [-0.39, 0.29) is 6.03 Å². The van der Waals surface area contributed by atoms with Crippen LogP contribution in [0.3, 0.4) is 0 Å². The Balaban J connectivity index is 1.67. The molecule has 4 aromatic rings. The summed E-state index contributed by atoms with van der Waals surface area (Å²) in [5, 5.41) is 7.34. The van der Waals surface area contributed by atoms with Crippen molar-refractivity contribution in [3.8, 4) is 22.9 Å². The van der Waals surface area contributed by atoms with Crippen LogP contribution in [0.25, 0.3) is 17.0 Å². The molecule has 8 heteroatoms. The van der Waals surface area contributed by atoms with Gasteiger partial charge in [-0.1, -0.05) is 53.7 Å². The quantitative estimate of drug-likeness (QED) is 0.376. The predicted octanol–water partition coefficient (Wildman–Crippen LogP) is 5.76. The summed E-state index contributed by atoms with van der Waals surface area (Å²) in [7, 11) is 3.16. The summed E-state index contributed by atoms with van der Waals surface area (Å²) in [6, 6.07) is 22.1. The highest BCUT2D eigenvalue weighted by molar-refractivity contribution is 6.01. The van der Waals surface area contributed by atoms with Gasteiger partial charge >= 0.3 is 6.03 Å². The number of allylic oxidation sites excluding steroid dienone is 1. The topological polar surface area (TPSA) is 89.7 Å². The van der Waals surface area contributed by atoms with Crippen LogP contribution >= 0.6 is 0 Å². The summed E-state index contributed by atoms with van der Waals surface area (Å²) in [6.45, 7) is 3.87. The number of carbonyl (C=O) groups is 1. The molecule has 1 unspecified atom stereocenters. The molecule has 8 nitrogen and oxygen atoms in total. The highest BCUT2D eigenvalue weighted by Crippen LogP contribution is 2.41. The normalized spacial score (nSPS) is 15.6. The number of aromatic nitrogens is 2. The summed E-state index contributed by atoms with van der Waals surface area (Å²) in [5.74, 6) is 1.94. The summed E-state index contributed by atoms with van der Waals surface area (Å²) in [5.41, 5.74) is 4.80. The van der Waals surface area contributed by atoms with Gasteiger partial charge < -0.3 is 19.3 Å². The molecule has 1 aliphatic heterocycles. The first-order chi connectivity index (χ1) is 17.5. The molecule has 0 saturated carbocycles. The Labute approximate surface area is 209 Å². The van der Waals surface area contributed by atoms with Crippen molar-refractivity contribution in [3.63, 3.8) is 0 Å². The fraction of sp³-hybridized carbons (Fsp3) is 0.179. The average Bonchev–Trinajstić information content (AvgIpc) is 3.38. The SMILES string of the molecule is COc1ccc(C2NC(=O)N(c3cccc(C)c3)C(C)=C2c2nc(-c3ccccc3)no2)cc1OC. The fourth-order valence-electron chi connectivity index (χ4n) is 4.42. The first kappa shape index (κ1) is 23.2. The summed E-state index contributed by atoms with van der Waals surface area (Å²) >= 11 is 0. The third-order valence-electron chi connectivity index (χ3n) is 6.17. The Morgan fingerprint density at radius 1 is 0.917 bits per heavy atom. The molecule has 36 heavy (non-hydrogen) atoms. The molecule has 1 atom stereocenters. The van der Waals surface area contributed by atoms with Crippen molar-refractivity contribution >= 4 is 17.3 Å². The number of carbonyl (C=O) groups excluding carboxylic acids is 1. The van der Waals surface area contributed by atoms with Crippen LogP contribution in [0.4, 0.5) is 10.5 Å². The number of anilines is 1. The maximum absolute atomic E-state index is 13.4. The van der Waals surface area contributed by atoms with Gasteiger partial charge in [0.15, 0.2) is 11.5 Å². The Hall–Kier alpha value is -4.59. The third-order valence-corrected chi connectivity index (χ3v) is 6.17. The molecule has 0 fully saturated rings. The number of benzene rings is 3. The summed E-state index contributed by atoms with van der Waals surface area (Å²) < 4.78 is 16.7. The van der Waals surface area contributed by atoms with Gasteiger partial charge in [-0.05, 0) is 49.2 Å². The molecule has 5 rings (SSSR count). The second-order valence-electron chi connectivity index (χ2n) is 8.46. The molecule has 0 aliphatic carbocycles. The van der Waals surface area contributed by atoms with Crippen molar-refractivity contribution in [1.29, 1.82) is 0 Å². The van der Waals surface area contributed by atoms with Crippen molar-refractivity contribution in [2.24, 2.45) is 0 Å². The number of amides is 2. The lowest BCUT2D eigenvalue weighted by molar-refractivity contribution is 0.244. The van der Waals surface area contributed by atoms with Crippen LogP contribution < -0.4 is 19.7 Å². The largest absolute Gasteiger partial charge is 0.493 e. The lowest BCUT2D eigenvalue weighted by atomic mass is 9.94. The van der Waals surface area contributed by atoms with Crippen LogP contribution in [-0.2, 0) is 0 Å². The number of ether oxygens (including phenoxy) is 2. The maximum atomic E-state index is 13.4. The maximum Gasteiger partial charge on any atom is 0.326 e. The van der Waals surface area contributed by atoms with Gasteiger partial charge in [-0.25, -0.2) is 4.79 Å². The van der Waals surface area contributed by atoms with Crippen LogP contribution in [0.5, 0.6) is 11.5 Å². The first-order valence-corrected chi connectivity index (χ1v) is 11.5. The second-order valence-corrected chi connectivity index (χ2v) is 8.46. The van der Waals surface area contributed by atoms with Crippen LogP contribution in [0.15, 0.2) is 83.0 Å². The van der Waals surface area contributed by atoms with E-state index < -0.39 is 6.04 Å². The molecule has 0 radical (unpaired) electrons. The molecule has 0 bridgehead atoms. The summed E-state index contributed by atoms with van der Waals surface area (Å²) in [4.78, 5) is 19.8. The third kappa shape index (κ3) is 4.17. The monoisotopic (exact) mass is 482 g/mol. The van der Waals surface area contributed by atoms with Gasteiger partial charge in [0.1, 0.15) is 0 Å². The molecule has 2 amide bonds. The molecule has 0 spiro atoms. The van der Waals surface area contributed by atoms with Crippen molar-refractivity contribution in [1.82, 2.24) is 15.5 Å². The zero-order valence-corrected chi connectivity index (χ0v) is 20.5. The number of urea groups is 1. The molecule has 1 N–H and O–H groups in total. The fourth-order valence-corrected chi connectivity index (χ4v) is 4.42. The first-order valence-electron chi connectivity index (χ1n) is 11.5. The van der Waals surface area contributed by atoms with E-state index in [1.165, 1.54) is 0 Å². The number of methoxy groups -OCH3 is 2. The van der Waals surface area contributed by atoms with Crippen LogP contribution in [-0.4, -0.2) is 30.4 Å².